The van der Waals surface area contributed by atoms with Crippen molar-refractivity contribution in [3.8, 4) is 0 Å². The van der Waals surface area contributed by atoms with Gasteiger partial charge in [-0.1, -0.05) is 6.07 Å². The molecule has 1 heterocycles. The number of nitrogen functional groups attached to an aromatic ring is 1. The van der Waals surface area contributed by atoms with E-state index in [9.17, 15) is 4.79 Å². The van der Waals surface area contributed by atoms with E-state index in [2.05, 4.69) is 16.8 Å². The third-order valence-electron chi connectivity index (χ3n) is 3.75. The normalized spacial score (nSPS) is 17.5. The minimum Gasteiger partial charge on any atom is -0.396 e. The number of para-hydroxylation sites is 1. The topological polar surface area (TPSA) is 81.1 Å². The molecule has 2 aromatic rings. The van der Waals surface area contributed by atoms with Crippen molar-refractivity contribution in [2.24, 2.45) is 5.73 Å². The largest absolute Gasteiger partial charge is 0.396 e. The molecule has 1 aliphatic carbocycles. The van der Waals surface area contributed by atoms with Gasteiger partial charge in [0.15, 0.2) is 0 Å². The van der Waals surface area contributed by atoms with Gasteiger partial charge in [0.05, 0.1) is 23.0 Å². The van der Waals surface area contributed by atoms with Gasteiger partial charge in [-0.3, -0.25) is 4.79 Å². The SMILES string of the molecule is NC(=O)c1cccc(NC2CCCc3sccc32)c1N. The molecule has 1 aromatic carbocycles. The van der Waals surface area contributed by atoms with Crippen molar-refractivity contribution < 1.29 is 4.79 Å². The van der Waals surface area contributed by atoms with E-state index in [4.69, 9.17) is 11.5 Å². The Morgan fingerprint density at radius 2 is 2.20 bits per heavy atom. The Balaban J connectivity index is 1.90. The quantitative estimate of drug-likeness (QED) is 0.759. The van der Waals surface area contributed by atoms with Crippen molar-refractivity contribution in [2.75, 3.05) is 11.1 Å². The van der Waals surface area contributed by atoms with E-state index in [1.807, 2.05) is 6.07 Å². The van der Waals surface area contributed by atoms with Crippen LogP contribution in [0.25, 0.3) is 0 Å². The minimum absolute atomic E-state index is 0.260. The molecule has 0 fully saturated rings. The molecule has 1 unspecified atom stereocenters. The number of anilines is 2. The summed E-state index contributed by atoms with van der Waals surface area (Å²) < 4.78 is 0. The van der Waals surface area contributed by atoms with Gasteiger partial charge < -0.3 is 16.8 Å². The summed E-state index contributed by atoms with van der Waals surface area (Å²) in [6.07, 6.45) is 3.40. The summed E-state index contributed by atoms with van der Waals surface area (Å²) in [4.78, 5) is 12.8. The number of hydrogen-bond donors (Lipinski definition) is 3. The maximum atomic E-state index is 11.3. The smallest absolute Gasteiger partial charge is 0.250 e. The molecule has 5 heteroatoms. The zero-order valence-electron chi connectivity index (χ0n) is 11.1. The zero-order valence-corrected chi connectivity index (χ0v) is 11.9. The van der Waals surface area contributed by atoms with Crippen LogP contribution in [-0.2, 0) is 6.42 Å². The van der Waals surface area contributed by atoms with E-state index in [1.165, 1.54) is 16.9 Å². The summed E-state index contributed by atoms with van der Waals surface area (Å²) in [6.45, 7) is 0. The number of thiophene rings is 1. The second kappa shape index (κ2) is 5.17. The van der Waals surface area contributed by atoms with E-state index >= 15 is 0 Å². The van der Waals surface area contributed by atoms with Crippen molar-refractivity contribution in [3.05, 3.63) is 45.6 Å². The fraction of sp³-hybridized carbons (Fsp3) is 0.267. The van der Waals surface area contributed by atoms with E-state index in [0.717, 1.165) is 18.5 Å². The second-order valence-electron chi connectivity index (χ2n) is 5.02. The summed E-state index contributed by atoms with van der Waals surface area (Å²) in [5.41, 5.74) is 14.3. The zero-order chi connectivity index (χ0) is 14.1. The maximum absolute atomic E-state index is 11.3. The molecule has 1 aliphatic rings. The van der Waals surface area contributed by atoms with Gasteiger partial charge >= 0.3 is 0 Å². The average molecular weight is 287 g/mol. The number of primary amides is 1. The average Bonchev–Trinajstić information content (AvgIpc) is 2.90. The van der Waals surface area contributed by atoms with Gasteiger partial charge in [-0.2, -0.15) is 0 Å². The Kier molecular flexibility index (Phi) is 3.36. The Hall–Kier alpha value is -2.01. The molecule has 104 valence electrons. The van der Waals surface area contributed by atoms with Crippen LogP contribution in [0.2, 0.25) is 0 Å². The van der Waals surface area contributed by atoms with Gasteiger partial charge in [0.1, 0.15) is 0 Å². The highest BCUT2D eigenvalue weighted by atomic mass is 32.1. The molecule has 5 N–H and O–H groups in total. The number of carbonyl (C=O) groups is 1. The van der Waals surface area contributed by atoms with Crippen molar-refractivity contribution in [1.82, 2.24) is 0 Å². The van der Waals surface area contributed by atoms with E-state index in [1.54, 1.807) is 23.5 Å². The molecule has 0 radical (unpaired) electrons. The van der Waals surface area contributed by atoms with E-state index in [-0.39, 0.29) is 6.04 Å². The highest BCUT2D eigenvalue weighted by Gasteiger charge is 2.22. The van der Waals surface area contributed by atoms with Crippen LogP contribution in [0.4, 0.5) is 11.4 Å². The molecule has 0 saturated heterocycles. The highest BCUT2D eigenvalue weighted by molar-refractivity contribution is 7.10. The number of hydrogen-bond acceptors (Lipinski definition) is 4. The van der Waals surface area contributed by atoms with Crippen LogP contribution in [0.5, 0.6) is 0 Å². The lowest BCUT2D eigenvalue weighted by molar-refractivity contribution is 0.100. The minimum atomic E-state index is -0.494. The van der Waals surface area contributed by atoms with Crippen LogP contribution in [-0.4, -0.2) is 5.91 Å². The first-order chi connectivity index (χ1) is 9.66. The predicted octanol–water partition coefficient (Wildman–Crippen LogP) is 2.92. The molecule has 1 atom stereocenters. The number of amides is 1. The first-order valence-corrected chi connectivity index (χ1v) is 7.56. The highest BCUT2D eigenvalue weighted by Crippen LogP contribution is 2.37. The second-order valence-corrected chi connectivity index (χ2v) is 6.02. The summed E-state index contributed by atoms with van der Waals surface area (Å²) >= 11 is 1.81. The van der Waals surface area contributed by atoms with Gasteiger partial charge in [0, 0.05) is 4.88 Å². The van der Waals surface area contributed by atoms with Crippen LogP contribution < -0.4 is 16.8 Å². The third kappa shape index (κ3) is 2.25. The lowest BCUT2D eigenvalue weighted by Gasteiger charge is -2.25. The summed E-state index contributed by atoms with van der Waals surface area (Å²) in [7, 11) is 0. The molecule has 1 aromatic heterocycles. The number of fused-ring (bicyclic) bond motifs is 1. The van der Waals surface area contributed by atoms with Crippen LogP contribution >= 0.6 is 11.3 Å². The van der Waals surface area contributed by atoms with Crippen molar-refractivity contribution in [2.45, 2.75) is 25.3 Å². The van der Waals surface area contributed by atoms with E-state index < -0.39 is 5.91 Å². The summed E-state index contributed by atoms with van der Waals surface area (Å²) in [5.74, 6) is -0.494. The van der Waals surface area contributed by atoms with Crippen molar-refractivity contribution in [3.63, 3.8) is 0 Å². The molecule has 3 rings (SSSR count). The molecule has 0 spiro atoms. The van der Waals surface area contributed by atoms with Crippen LogP contribution in [0.3, 0.4) is 0 Å². The summed E-state index contributed by atoms with van der Waals surface area (Å²) in [6, 6.07) is 7.78. The van der Waals surface area contributed by atoms with Gasteiger partial charge in [-0.15, -0.1) is 11.3 Å². The molecular weight excluding hydrogens is 270 g/mol. The molecule has 1 amide bonds. The Morgan fingerprint density at radius 3 is 3.00 bits per heavy atom. The molecule has 0 aliphatic heterocycles. The predicted molar refractivity (Wildman–Crippen MR) is 83.0 cm³/mol. The number of rotatable bonds is 3. The number of nitrogens with one attached hydrogen (secondary N) is 1. The van der Waals surface area contributed by atoms with Gasteiger partial charge in [0.25, 0.3) is 5.91 Å². The number of nitrogens with two attached hydrogens (primary N) is 2. The molecule has 0 saturated carbocycles. The first kappa shape index (κ1) is 13.0. The van der Waals surface area contributed by atoms with Crippen LogP contribution in [0.15, 0.2) is 29.6 Å². The van der Waals surface area contributed by atoms with Gasteiger partial charge in [-0.05, 0) is 48.4 Å². The fourth-order valence-electron chi connectivity index (χ4n) is 2.73. The van der Waals surface area contributed by atoms with Gasteiger partial charge in [0.2, 0.25) is 0 Å². The Labute approximate surface area is 121 Å². The fourth-order valence-corrected chi connectivity index (χ4v) is 3.72. The van der Waals surface area contributed by atoms with Crippen LogP contribution in [0.1, 0.15) is 39.7 Å². The Bertz CT molecular complexity index is 650. The number of benzene rings is 1. The van der Waals surface area contributed by atoms with Gasteiger partial charge in [-0.25, -0.2) is 0 Å². The first-order valence-electron chi connectivity index (χ1n) is 6.68. The maximum Gasteiger partial charge on any atom is 0.250 e. The molecule has 0 bridgehead atoms. The molecular formula is C15H17N3OS. The third-order valence-corrected chi connectivity index (χ3v) is 4.75. The lowest BCUT2D eigenvalue weighted by Crippen LogP contribution is -2.18. The Morgan fingerprint density at radius 1 is 1.35 bits per heavy atom. The molecule has 4 nitrogen and oxygen atoms in total. The van der Waals surface area contributed by atoms with Crippen molar-refractivity contribution >= 4 is 28.6 Å². The molecule has 20 heavy (non-hydrogen) atoms. The van der Waals surface area contributed by atoms with Crippen molar-refractivity contribution in [1.29, 1.82) is 0 Å². The monoisotopic (exact) mass is 287 g/mol. The standard InChI is InChI=1S/C15H17N3OS/c16-14-10(15(17)19)3-1-5-12(14)18-11-4-2-6-13-9(11)7-8-20-13/h1,3,5,7-8,11,18H,2,4,6,16H2,(H2,17,19). The van der Waals surface area contributed by atoms with Crippen LogP contribution in [0, 0.1) is 0 Å². The lowest BCUT2D eigenvalue weighted by atomic mass is 9.93. The number of carbonyl (C=O) groups excluding carboxylic acids is 1. The van der Waals surface area contributed by atoms with E-state index in [0.29, 0.717) is 11.3 Å². The number of aryl methyl sites for hydroxylation is 1. The summed E-state index contributed by atoms with van der Waals surface area (Å²) in [5, 5.41) is 5.59.